The third-order valence-corrected chi connectivity index (χ3v) is 3.73. The van der Waals surface area contributed by atoms with E-state index in [4.69, 9.17) is 5.73 Å². The van der Waals surface area contributed by atoms with Crippen molar-refractivity contribution < 1.29 is 9.72 Å². The van der Waals surface area contributed by atoms with Crippen LogP contribution in [0.3, 0.4) is 0 Å². The van der Waals surface area contributed by atoms with Crippen molar-refractivity contribution in [3.05, 3.63) is 27.9 Å². The number of pyridine rings is 1. The van der Waals surface area contributed by atoms with Crippen LogP contribution in [0.15, 0.2) is 12.3 Å². The number of nitro groups is 1. The number of hydrogen-bond acceptors (Lipinski definition) is 6. The van der Waals surface area contributed by atoms with E-state index >= 15 is 0 Å². The van der Waals surface area contributed by atoms with Crippen LogP contribution in [0.2, 0.25) is 0 Å². The minimum absolute atomic E-state index is 0.000272. The monoisotopic (exact) mass is 293 g/mol. The number of carbonyl (C=O) groups excluding carboxylic acids is 1. The number of nitrogen functional groups attached to an aromatic ring is 1. The molecule has 21 heavy (non-hydrogen) atoms. The highest BCUT2D eigenvalue weighted by atomic mass is 16.6. The molecule has 1 aromatic rings. The molecule has 114 valence electrons. The Morgan fingerprint density at radius 1 is 1.67 bits per heavy atom. The number of likely N-dealkylation sites (tertiary alicyclic amines) is 1. The van der Waals surface area contributed by atoms with E-state index in [1.807, 2.05) is 0 Å². The highest BCUT2D eigenvalue weighted by molar-refractivity contribution is 5.98. The number of nitrogens with zero attached hydrogens (tertiary/aromatic N) is 3. The number of aromatic nitrogens is 1. The molecule has 0 spiro atoms. The molecule has 1 aromatic heterocycles. The minimum Gasteiger partial charge on any atom is -0.383 e. The van der Waals surface area contributed by atoms with Gasteiger partial charge in [0, 0.05) is 19.2 Å². The first-order valence-electron chi connectivity index (χ1n) is 6.91. The Morgan fingerprint density at radius 2 is 2.43 bits per heavy atom. The summed E-state index contributed by atoms with van der Waals surface area (Å²) in [5, 5.41) is 13.5. The van der Waals surface area contributed by atoms with E-state index in [2.05, 4.69) is 22.1 Å². The molecule has 1 saturated heterocycles. The van der Waals surface area contributed by atoms with Gasteiger partial charge in [-0.2, -0.15) is 0 Å². The SMILES string of the molecule is CCN1CCC(CNC(=O)c2cc([N+](=O)[O-])cnc2N)C1. The van der Waals surface area contributed by atoms with Gasteiger partial charge < -0.3 is 16.0 Å². The summed E-state index contributed by atoms with van der Waals surface area (Å²) in [6, 6.07) is 1.16. The fourth-order valence-corrected chi connectivity index (χ4v) is 2.44. The predicted octanol–water partition coefficient (Wildman–Crippen LogP) is 0.644. The van der Waals surface area contributed by atoms with E-state index in [-0.39, 0.29) is 17.1 Å². The molecule has 2 rings (SSSR count). The quantitative estimate of drug-likeness (QED) is 0.608. The highest BCUT2D eigenvalue weighted by Crippen LogP contribution is 2.18. The lowest BCUT2D eigenvalue weighted by Crippen LogP contribution is -2.31. The molecular weight excluding hydrogens is 274 g/mol. The highest BCUT2D eigenvalue weighted by Gasteiger charge is 2.22. The van der Waals surface area contributed by atoms with Crippen molar-refractivity contribution in [2.45, 2.75) is 13.3 Å². The Kier molecular flexibility index (Phi) is 4.69. The third-order valence-electron chi connectivity index (χ3n) is 3.73. The summed E-state index contributed by atoms with van der Waals surface area (Å²) in [5.74, 6) is -0.0138. The van der Waals surface area contributed by atoms with Gasteiger partial charge in [-0.25, -0.2) is 4.98 Å². The summed E-state index contributed by atoms with van der Waals surface area (Å²) in [7, 11) is 0. The summed E-state index contributed by atoms with van der Waals surface area (Å²) in [4.78, 5) is 28.2. The van der Waals surface area contributed by atoms with Gasteiger partial charge in [0.05, 0.1) is 10.5 Å². The fourth-order valence-electron chi connectivity index (χ4n) is 2.44. The maximum atomic E-state index is 12.1. The number of hydrogen-bond donors (Lipinski definition) is 2. The lowest BCUT2D eigenvalue weighted by atomic mass is 10.1. The van der Waals surface area contributed by atoms with Gasteiger partial charge in [0.2, 0.25) is 0 Å². The average Bonchev–Trinajstić information content (AvgIpc) is 2.93. The van der Waals surface area contributed by atoms with Crippen molar-refractivity contribution in [3.8, 4) is 0 Å². The molecule has 0 aromatic carbocycles. The average molecular weight is 293 g/mol. The van der Waals surface area contributed by atoms with E-state index in [9.17, 15) is 14.9 Å². The molecular formula is C13H19N5O3. The van der Waals surface area contributed by atoms with E-state index in [0.29, 0.717) is 12.5 Å². The molecule has 1 unspecified atom stereocenters. The molecule has 1 aliphatic heterocycles. The summed E-state index contributed by atoms with van der Waals surface area (Å²) >= 11 is 0. The number of amides is 1. The summed E-state index contributed by atoms with van der Waals surface area (Å²) < 4.78 is 0. The van der Waals surface area contributed by atoms with E-state index in [0.717, 1.165) is 38.3 Å². The lowest BCUT2D eigenvalue weighted by molar-refractivity contribution is -0.385. The molecule has 8 heteroatoms. The molecule has 0 radical (unpaired) electrons. The van der Waals surface area contributed by atoms with E-state index in [1.165, 1.54) is 0 Å². The number of nitrogens with two attached hydrogens (primary N) is 1. The number of nitrogens with one attached hydrogen (secondary N) is 1. The van der Waals surface area contributed by atoms with Crippen molar-refractivity contribution in [2.75, 3.05) is 31.9 Å². The topological polar surface area (TPSA) is 114 Å². The van der Waals surface area contributed by atoms with Crippen molar-refractivity contribution >= 4 is 17.4 Å². The Bertz CT molecular complexity index is 549. The zero-order valence-corrected chi connectivity index (χ0v) is 11.9. The zero-order chi connectivity index (χ0) is 15.4. The predicted molar refractivity (Wildman–Crippen MR) is 77.9 cm³/mol. The molecule has 0 bridgehead atoms. The summed E-state index contributed by atoms with van der Waals surface area (Å²) in [5.41, 5.74) is 5.42. The van der Waals surface area contributed by atoms with Crippen LogP contribution in [0, 0.1) is 16.0 Å². The normalized spacial score (nSPS) is 18.6. The van der Waals surface area contributed by atoms with Crippen LogP contribution in [0.4, 0.5) is 11.5 Å². The second-order valence-corrected chi connectivity index (χ2v) is 5.14. The fraction of sp³-hybridized carbons (Fsp3) is 0.538. The van der Waals surface area contributed by atoms with Crippen molar-refractivity contribution in [1.29, 1.82) is 0 Å². The van der Waals surface area contributed by atoms with Gasteiger partial charge in [0.25, 0.3) is 11.6 Å². The molecule has 1 aliphatic rings. The number of carbonyl (C=O) groups is 1. The molecule has 2 heterocycles. The van der Waals surface area contributed by atoms with Gasteiger partial charge in [-0.1, -0.05) is 6.92 Å². The van der Waals surface area contributed by atoms with Crippen LogP contribution >= 0.6 is 0 Å². The van der Waals surface area contributed by atoms with Crippen molar-refractivity contribution in [3.63, 3.8) is 0 Å². The van der Waals surface area contributed by atoms with E-state index in [1.54, 1.807) is 0 Å². The Morgan fingerprint density at radius 3 is 3.05 bits per heavy atom. The van der Waals surface area contributed by atoms with Crippen molar-refractivity contribution in [2.24, 2.45) is 5.92 Å². The zero-order valence-electron chi connectivity index (χ0n) is 11.9. The Balaban J connectivity index is 1.97. The molecule has 0 saturated carbocycles. The van der Waals surface area contributed by atoms with Gasteiger partial charge >= 0.3 is 0 Å². The number of rotatable bonds is 5. The molecule has 3 N–H and O–H groups in total. The maximum Gasteiger partial charge on any atom is 0.288 e. The first-order valence-corrected chi connectivity index (χ1v) is 6.91. The molecule has 1 amide bonds. The minimum atomic E-state index is -0.598. The lowest BCUT2D eigenvalue weighted by Gasteiger charge is -2.14. The van der Waals surface area contributed by atoms with Gasteiger partial charge in [-0.15, -0.1) is 0 Å². The van der Waals surface area contributed by atoms with E-state index < -0.39 is 10.8 Å². The molecule has 1 atom stereocenters. The Labute approximate surface area is 122 Å². The molecule has 1 fully saturated rings. The smallest absolute Gasteiger partial charge is 0.288 e. The van der Waals surface area contributed by atoms with Crippen LogP contribution in [0.1, 0.15) is 23.7 Å². The summed E-state index contributed by atoms with van der Waals surface area (Å²) in [6.07, 6.45) is 2.08. The standard InChI is InChI=1S/C13H19N5O3/c1-2-17-4-3-9(8-17)6-16-13(19)11-5-10(18(20)21)7-15-12(11)14/h5,7,9H,2-4,6,8H2,1H3,(H2,14,15)(H,16,19). The van der Waals surface area contributed by atoms with Gasteiger partial charge in [-0.3, -0.25) is 14.9 Å². The third kappa shape index (κ3) is 3.66. The Hall–Kier alpha value is -2.22. The second kappa shape index (κ2) is 6.49. The van der Waals surface area contributed by atoms with Crippen LogP contribution in [0.25, 0.3) is 0 Å². The summed E-state index contributed by atoms with van der Waals surface area (Å²) in [6.45, 7) is 5.65. The maximum absolute atomic E-state index is 12.1. The van der Waals surface area contributed by atoms with Gasteiger partial charge in [0.1, 0.15) is 12.0 Å². The van der Waals surface area contributed by atoms with Gasteiger partial charge in [0.15, 0.2) is 0 Å². The first kappa shape index (κ1) is 15.2. The van der Waals surface area contributed by atoms with Crippen LogP contribution in [-0.4, -0.2) is 46.9 Å². The largest absolute Gasteiger partial charge is 0.383 e. The number of anilines is 1. The van der Waals surface area contributed by atoms with Crippen LogP contribution in [0.5, 0.6) is 0 Å². The van der Waals surface area contributed by atoms with Crippen LogP contribution < -0.4 is 11.1 Å². The second-order valence-electron chi connectivity index (χ2n) is 5.14. The van der Waals surface area contributed by atoms with Crippen LogP contribution in [-0.2, 0) is 0 Å². The molecule has 0 aliphatic carbocycles. The van der Waals surface area contributed by atoms with Gasteiger partial charge in [-0.05, 0) is 25.4 Å². The molecule has 8 nitrogen and oxygen atoms in total. The van der Waals surface area contributed by atoms with Crippen molar-refractivity contribution in [1.82, 2.24) is 15.2 Å². The first-order chi connectivity index (χ1) is 10.0.